The third-order valence-corrected chi connectivity index (χ3v) is 2.94. The number of halogens is 3. The van der Waals surface area contributed by atoms with Crippen molar-refractivity contribution in [2.24, 2.45) is 0 Å². The van der Waals surface area contributed by atoms with Crippen LogP contribution in [-0.2, 0) is 9.05 Å². The molecule has 6 heteroatoms. The van der Waals surface area contributed by atoms with Gasteiger partial charge in [0.1, 0.15) is 4.90 Å². The molecule has 1 aromatic rings. The van der Waals surface area contributed by atoms with Crippen LogP contribution in [0.3, 0.4) is 0 Å². The highest BCUT2D eigenvalue weighted by atomic mass is 35.7. The fourth-order valence-corrected chi connectivity index (χ4v) is 2.26. The summed E-state index contributed by atoms with van der Waals surface area (Å²) in [4.78, 5) is -0.797. The molecular weight excluding hydrogens is 222 g/mol. The van der Waals surface area contributed by atoms with Crippen molar-refractivity contribution in [1.82, 2.24) is 0 Å². The van der Waals surface area contributed by atoms with Crippen LogP contribution in [0.5, 0.6) is 0 Å². The monoisotopic (exact) mass is 226 g/mol. The molecule has 0 atom stereocenters. The van der Waals surface area contributed by atoms with Crippen molar-refractivity contribution in [2.45, 2.75) is 11.8 Å². The van der Waals surface area contributed by atoms with Crippen LogP contribution in [0.4, 0.5) is 8.78 Å². The van der Waals surface area contributed by atoms with Crippen LogP contribution in [0.25, 0.3) is 0 Å². The van der Waals surface area contributed by atoms with E-state index in [9.17, 15) is 17.2 Å². The summed E-state index contributed by atoms with van der Waals surface area (Å²) < 4.78 is 47.1. The van der Waals surface area contributed by atoms with Gasteiger partial charge in [0.2, 0.25) is 0 Å². The summed E-state index contributed by atoms with van der Waals surface area (Å²) in [5.41, 5.74) is 0.0777. The second-order valence-corrected chi connectivity index (χ2v) is 4.95. The van der Waals surface area contributed by atoms with Crippen molar-refractivity contribution in [1.29, 1.82) is 0 Å². The van der Waals surface area contributed by atoms with E-state index in [0.717, 1.165) is 12.1 Å². The Hall–Kier alpha value is -0.680. The summed E-state index contributed by atoms with van der Waals surface area (Å²) in [5, 5.41) is 0. The van der Waals surface area contributed by atoms with E-state index in [1.807, 2.05) is 0 Å². The summed E-state index contributed by atoms with van der Waals surface area (Å²) in [6.07, 6.45) is 0. The van der Waals surface area contributed by atoms with E-state index in [2.05, 4.69) is 0 Å². The molecule has 0 aliphatic heterocycles. The van der Waals surface area contributed by atoms with Gasteiger partial charge in [-0.15, -0.1) is 0 Å². The van der Waals surface area contributed by atoms with Gasteiger partial charge >= 0.3 is 0 Å². The lowest BCUT2D eigenvalue weighted by atomic mass is 10.2. The Kier molecular flexibility index (Phi) is 2.58. The van der Waals surface area contributed by atoms with E-state index < -0.39 is 25.6 Å². The van der Waals surface area contributed by atoms with E-state index in [4.69, 9.17) is 10.7 Å². The second kappa shape index (κ2) is 3.23. The Bertz CT molecular complexity index is 442. The van der Waals surface area contributed by atoms with Crippen molar-refractivity contribution in [3.63, 3.8) is 0 Å². The molecule has 0 aliphatic carbocycles. The maximum absolute atomic E-state index is 12.9. The van der Waals surface area contributed by atoms with Gasteiger partial charge in [-0.05, 0) is 18.6 Å². The van der Waals surface area contributed by atoms with E-state index in [0.29, 0.717) is 0 Å². The molecule has 0 heterocycles. The van der Waals surface area contributed by atoms with E-state index in [-0.39, 0.29) is 5.56 Å². The molecule has 0 bridgehead atoms. The van der Waals surface area contributed by atoms with Crippen LogP contribution in [0.2, 0.25) is 0 Å². The maximum Gasteiger partial charge on any atom is 0.264 e. The van der Waals surface area contributed by atoms with Crippen LogP contribution in [0.15, 0.2) is 17.0 Å². The molecule has 0 saturated carbocycles. The van der Waals surface area contributed by atoms with Crippen LogP contribution >= 0.6 is 10.7 Å². The summed E-state index contributed by atoms with van der Waals surface area (Å²) >= 11 is 0. The van der Waals surface area contributed by atoms with Crippen molar-refractivity contribution in [3.8, 4) is 0 Å². The second-order valence-electron chi connectivity index (χ2n) is 2.45. The molecule has 13 heavy (non-hydrogen) atoms. The first-order valence-corrected chi connectivity index (χ1v) is 5.54. The summed E-state index contributed by atoms with van der Waals surface area (Å²) in [7, 11) is 0.677. The fraction of sp³-hybridized carbons (Fsp3) is 0.143. The van der Waals surface area contributed by atoms with E-state index in [1.54, 1.807) is 0 Å². The maximum atomic E-state index is 12.9. The van der Waals surface area contributed by atoms with Gasteiger partial charge in [-0.25, -0.2) is 17.2 Å². The molecule has 1 aromatic carbocycles. The van der Waals surface area contributed by atoms with Gasteiger partial charge in [-0.2, -0.15) is 0 Å². The van der Waals surface area contributed by atoms with Crippen molar-refractivity contribution >= 4 is 19.7 Å². The van der Waals surface area contributed by atoms with Gasteiger partial charge in [0.25, 0.3) is 9.05 Å². The normalized spacial score (nSPS) is 11.7. The summed E-state index contributed by atoms with van der Waals surface area (Å²) in [6.45, 7) is 1.33. The van der Waals surface area contributed by atoms with Gasteiger partial charge in [-0.3, -0.25) is 0 Å². The average molecular weight is 227 g/mol. The van der Waals surface area contributed by atoms with E-state index >= 15 is 0 Å². The van der Waals surface area contributed by atoms with Gasteiger partial charge < -0.3 is 0 Å². The summed E-state index contributed by atoms with van der Waals surface area (Å²) in [6, 6.07) is 1.99. The van der Waals surface area contributed by atoms with E-state index in [1.165, 1.54) is 6.92 Å². The Balaban J connectivity index is 3.62. The van der Waals surface area contributed by atoms with Gasteiger partial charge in [0, 0.05) is 10.7 Å². The molecule has 0 aromatic heterocycles. The zero-order valence-corrected chi connectivity index (χ0v) is 8.09. The highest BCUT2D eigenvalue weighted by Gasteiger charge is 2.21. The highest BCUT2D eigenvalue weighted by Crippen LogP contribution is 2.24. The molecule has 0 radical (unpaired) electrons. The molecule has 0 fully saturated rings. The minimum atomic E-state index is -4.23. The minimum absolute atomic E-state index is 0.0777. The Morgan fingerprint density at radius 2 is 1.85 bits per heavy atom. The number of aryl methyl sites for hydroxylation is 1. The van der Waals surface area contributed by atoms with Crippen LogP contribution in [-0.4, -0.2) is 8.42 Å². The molecule has 0 amide bonds. The highest BCUT2D eigenvalue weighted by molar-refractivity contribution is 8.13. The Morgan fingerprint density at radius 1 is 1.31 bits per heavy atom. The topological polar surface area (TPSA) is 34.1 Å². The standard InChI is InChI=1S/C7H5ClF2O2S/c1-4-2-3-5(9)6(10)7(4)13(8,11)12/h2-3H,1H3. The lowest BCUT2D eigenvalue weighted by Gasteiger charge is -2.03. The number of hydrogen-bond acceptors (Lipinski definition) is 2. The van der Waals surface area contributed by atoms with Crippen molar-refractivity contribution in [3.05, 3.63) is 29.3 Å². The third kappa shape index (κ3) is 1.97. The van der Waals surface area contributed by atoms with Crippen LogP contribution in [0, 0.1) is 18.6 Å². The zero-order valence-electron chi connectivity index (χ0n) is 6.51. The molecule has 1 rings (SSSR count). The molecule has 0 spiro atoms. The van der Waals surface area contributed by atoms with Gasteiger partial charge in [0.05, 0.1) is 0 Å². The molecule has 0 saturated heterocycles. The lowest BCUT2D eigenvalue weighted by Crippen LogP contribution is -2.01. The predicted molar refractivity (Wildman–Crippen MR) is 44.1 cm³/mol. The first-order chi connectivity index (χ1) is 5.84. The van der Waals surface area contributed by atoms with Crippen LogP contribution < -0.4 is 0 Å². The molecular formula is C7H5ClF2O2S. The fourth-order valence-electron chi connectivity index (χ4n) is 0.928. The molecule has 0 aliphatic rings. The minimum Gasteiger partial charge on any atom is -0.207 e. The van der Waals surface area contributed by atoms with Crippen molar-refractivity contribution < 1.29 is 17.2 Å². The van der Waals surface area contributed by atoms with Gasteiger partial charge in [-0.1, -0.05) is 6.07 Å². The molecule has 2 nitrogen and oxygen atoms in total. The molecule has 0 N–H and O–H groups in total. The number of hydrogen-bond donors (Lipinski definition) is 0. The lowest BCUT2D eigenvalue weighted by molar-refractivity contribution is 0.484. The summed E-state index contributed by atoms with van der Waals surface area (Å²) in [5.74, 6) is -2.67. The first-order valence-electron chi connectivity index (χ1n) is 3.23. The largest absolute Gasteiger partial charge is 0.264 e. The molecule has 72 valence electrons. The zero-order chi connectivity index (χ0) is 10.2. The van der Waals surface area contributed by atoms with Crippen molar-refractivity contribution in [2.75, 3.05) is 0 Å². The van der Waals surface area contributed by atoms with Gasteiger partial charge in [0.15, 0.2) is 11.6 Å². The molecule has 0 unspecified atom stereocenters. The quantitative estimate of drug-likeness (QED) is 0.688. The number of benzene rings is 1. The third-order valence-electron chi connectivity index (χ3n) is 1.49. The first kappa shape index (κ1) is 10.4. The average Bonchev–Trinajstić information content (AvgIpc) is 1.95. The SMILES string of the molecule is Cc1ccc(F)c(F)c1S(=O)(=O)Cl. The predicted octanol–water partition coefficient (Wildman–Crippen LogP) is 2.20. The smallest absolute Gasteiger partial charge is 0.207 e. The number of rotatable bonds is 1. The Morgan fingerprint density at radius 3 is 2.23 bits per heavy atom. The Labute approximate surface area is 78.6 Å². The van der Waals surface area contributed by atoms with Crippen LogP contribution in [0.1, 0.15) is 5.56 Å².